The predicted molar refractivity (Wildman–Crippen MR) is 87.8 cm³/mol. The molecule has 1 N–H and O–H groups in total. The van der Waals surface area contributed by atoms with E-state index in [4.69, 9.17) is 4.74 Å². The van der Waals surface area contributed by atoms with Gasteiger partial charge in [0.25, 0.3) is 0 Å². The molecular weight excluding hydrogens is 260 g/mol. The standard InChI is InChI=1S/C18H28N2O/c1-2-10-19-17-7-11-20(14-15-8-12-21-13-9-15)18-6-4-3-5-16(17)18/h3-6,15,17,19H,2,7-14H2,1H3. The van der Waals surface area contributed by atoms with Gasteiger partial charge in [0.15, 0.2) is 0 Å². The molecule has 0 bridgehead atoms. The fourth-order valence-electron chi connectivity index (χ4n) is 3.59. The number of fused-ring (bicyclic) bond motifs is 1. The monoisotopic (exact) mass is 288 g/mol. The number of para-hydroxylation sites is 1. The first-order chi connectivity index (χ1) is 10.4. The summed E-state index contributed by atoms with van der Waals surface area (Å²) in [5.41, 5.74) is 2.94. The molecule has 1 saturated heterocycles. The number of hydrogen-bond donors (Lipinski definition) is 1. The Bertz CT molecular complexity index is 443. The maximum atomic E-state index is 5.49. The molecule has 2 heterocycles. The highest BCUT2D eigenvalue weighted by Crippen LogP contribution is 2.34. The molecule has 0 saturated carbocycles. The van der Waals surface area contributed by atoms with Gasteiger partial charge in [0, 0.05) is 38.0 Å². The molecule has 0 aliphatic carbocycles. The lowest BCUT2D eigenvalue weighted by Gasteiger charge is -2.38. The molecule has 1 fully saturated rings. The molecule has 116 valence electrons. The molecule has 1 aromatic carbocycles. The van der Waals surface area contributed by atoms with Crippen LogP contribution in [0.2, 0.25) is 0 Å². The Labute approximate surface area is 128 Å². The first kappa shape index (κ1) is 14.9. The number of benzene rings is 1. The van der Waals surface area contributed by atoms with Crippen molar-refractivity contribution in [1.29, 1.82) is 0 Å². The van der Waals surface area contributed by atoms with Crippen LogP contribution in [0.5, 0.6) is 0 Å². The summed E-state index contributed by atoms with van der Waals surface area (Å²) in [6, 6.07) is 9.50. The molecule has 0 radical (unpaired) electrons. The first-order valence-corrected chi connectivity index (χ1v) is 8.53. The second-order valence-electron chi connectivity index (χ2n) is 6.36. The van der Waals surface area contributed by atoms with Crippen molar-refractivity contribution in [2.45, 2.75) is 38.6 Å². The van der Waals surface area contributed by atoms with E-state index in [0.29, 0.717) is 6.04 Å². The lowest BCUT2D eigenvalue weighted by atomic mass is 9.93. The highest BCUT2D eigenvalue weighted by Gasteiger charge is 2.26. The van der Waals surface area contributed by atoms with Crippen LogP contribution in [0.1, 0.15) is 44.2 Å². The van der Waals surface area contributed by atoms with Crippen molar-refractivity contribution in [2.75, 3.05) is 37.7 Å². The van der Waals surface area contributed by atoms with E-state index in [2.05, 4.69) is 41.4 Å². The fourth-order valence-corrected chi connectivity index (χ4v) is 3.59. The van der Waals surface area contributed by atoms with E-state index in [1.165, 1.54) is 50.0 Å². The Morgan fingerprint density at radius 2 is 2.00 bits per heavy atom. The predicted octanol–water partition coefficient (Wildman–Crippen LogP) is 3.36. The molecule has 21 heavy (non-hydrogen) atoms. The van der Waals surface area contributed by atoms with E-state index in [9.17, 15) is 0 Å². The SMILES string of the molecule is CCCNC1CCN(CC2CCOCC2)c2ccccc21. The van der Waals surface area contributed by atoms with Gasteiger partial charge in [-0.1, -0.05) is 25.1 Å². The lowest BCUT2D eigenvalue weighted by molar-refractivity contribution is 0.0680. The zero-order valence-electron chi connectivity index (χ0n) is 13.2. The van der Waals surface area contributed by atoms with Crippen LogP contribution in [-0.2, 0) is 4.74 Å². The van der Waals surface area contributed by atoms with Crippen molar-refractivity contribution >= 4 is 5.69 Å². The average molecular weight is 288 g/mol. The Kier molecular flexibility index (Phi) is 5.15. The molecule has 3 rings (SSSR count). The quantitative estimate of drug-likeness (QED) is 0.899. The van der Waals surface area contributed by atoms with Gasteiger partial charge in [-0.3, -0.25) is 0 Å². The van der Waals surface area contributed by atoms with E-state index in [0.717, 1.165) is 25.7 Å². The zero-order chi connectivity index (χ0) is 14.5. The molecule has 1 aromatic rings. The van der Waals surface area contributed by atoms with Gasteiger partial charge in [-0.15, -0.1) is 0 Å². The van der Waals surface area contributed by atoms with Gasteiger partial charge in [-0.2, -0.15) is 0 Å². The summed E-state index contributed by atoms with van der Waals surface area (Å²) in [4.78, 5) is 2.61. The number of anilines is 1. The van der Waals surface area contributed by atoms with Gasteiger partial charge < -0.3 is 15.0 Å². The molecule has 1 unspecified atom stereocenters. The molecule has 0 aromatic heterocycles. The Hall–Kier alpha value is -1.06. The van der Waals surface area contributed by atoms with Crippen LogP contribution >= 0.6 is 0 Å². The minimum Gasteiger partial charge on any atom is -0.381 e. The third kappa shape index (κ3) is 3.58. The van der Waals surface area contributed by atoms with E-state index >= 15 is 0 Å². The van der Waals surface area contributed by atoms with Crippen LogP contribution in [-0.4, -0.2) is 32.8 Å². The van der Waals surface area contributed by atoms with Gasteiger partial charge in [-0.25, -0.2) is 0 Å². The third-order valence-electron chi connectivity index (χ3n) is 4.80. The van der Waals surface area contributed by atoms with Crippen LogP contribution in [0.25, 0.3) is 0 Å². The average Bonchev–Trinajstić information content (AvgIpc) is 2.55. The van der Waals surface area contributed by atoms with Gasteiger partial charge in [-0.05, 0) is 49.8 Å². The molecule has 0 amide bonds. The van der Waals surface area contributed by atoms with E-state index in [-0.39, 0.29) is 0 Å². The van der Waals surface area contributed by atoms with Crippen molar-refractivity contribution < 1.29 is 4.74 Å². The number of ether oxygens (including phenoxy) is 1. The fraction of sp³-hybridized carbons (Fsp3) is 0.667. The molecule has 3 heteroatoms. The van der Waals surface area contributed by atoms with Crippen LogP contribution in [0.3, 0.4) is 0 Å². The van der Waals surface area contributed by atoms with E-state index in [1.54, 1.807) is 0 Å². The number of rotatable bonds is 5. The summed E-state index contributed by atoms with van der Waals surface area (Å²) in [6.45, 7) is 7.61. The highest BCUT2D eigenvalue weighted by atomic mass is 16.5. The summed E-state index contributed by atoms with van der Waals surface area (Å²) < 4.78 is 5.49. The summed E-state index contributed by atoms with van der Waals surface area (Å²) in [5, 5.41) is 3.70. The zero-order valence-corrected chi connectivity index (χ0v) is 13.2. The third-order valence-corrected chi connectivity index (χ3v) is 4.80. The molecular formula is C18H28N2O. The Morgan fingerprint density at radius 3 is 2.81 bits per heavy atom. The molecule has 3 nitrogen and oxygen atoms in total. The number of hydrogen-bond acceptors (Lipinski definition) is 3. The van der Waals surface area contributed by atoms with Crippen LogP contribution in [0.15, 0.2) is 24.3 Å². The number of nitrogens with one attached hydrogen (secondary N) is 1. The minimum atomic E-state index is 0.534. The largest absolute Gasteiger partial charge is 0.381 e. The van der Waals surface area contributed by atoms with Gasteiger partial charge in [0.2, 0.25) is 0 Å². The maximum Gasteiger partial charge on any atom is 0.0469 e. The first-order valence-electron chi connectivity index (χ1n) is 8.53. The van der Waals surface area contributed by atoms with Crippen LogP contribution in [0.4, 0.5) is 5.69 Å². The molecule has 1 atom stereocenters. The molecule has 2 aliphatic heterocycles. The Balaban J connectivity index is 1.71. The smallest absolute Gasteiger partial charge is 0.0469 e. The Morgan fingerprint density at radius 1 is 1.19 bits per heavy atom. The summed E-state index contributed by atoms with van der Waals surface area (Å²) in [7, 11) is 0. The normalized spacial score (nSPS) is 23.1. The topological polar surface area (TPSA) is 24.5 Å². The second kappa shape index (κ2) is 7.28. The number of nitrogens with zero attached hydrogens (tertiary/aromatic N) is 1. The maximum absolute atomic E-state index is 5.49. The van der Waals surface area contributed by atoms with Crippen LogP contribution < -0.4 is 10.2 Å². The summed E-state index contributed by atoms with van der Waals surface area (Å²) in [6.07, 6.45) is 4.86. The van der Waals surface area contributed by atoms with Crippen molar-refractivity contribution in [1.82, 2.24) is 5.32 Å². The van der Waals surface area contributed by atoms with Gasteiger partial charge >= 0.3 is 0 Å². The minimum absolute atomic E-state index is 0.534. The second-order valence-corrected chi connectivity index (χ2v) is 6.36. The lowest BCUT2D eigenvalue weighted by Crippen LogP contribution is -2.39. The van der Waals surface area contributed by atoms with Crippen LogP contribution in [0, 0.1) is 5.92 Å². The summed E-state index contributed by atoms with van der Waals surface area (Å²) >= 11 is 0. The molecule has 0 spiro atoms. The highest BCUT2D eigenvalue weighted by molar-refractivity contribution is 5.57. The van der Waals surface area contributed by atoms with Gasteiger partial charge in [0.05, 0.1) is 0 Å². The van der Waals surface area contributed by atoms with Crippen molar-refractivity contribution in [2.24, 2.45) is 5.92 Å². The summed E-state index contributed by atoms with van der Waals surface area (Å²) in [5.74, 6) is 0.798. The van der Waals surface area contributed by atoms with Gasteiger partial charge in [0.1, 0.15) is 0 Å². The van der Waals surface area contributed by atoms with Crippen molar-refractivity contribution in [3.63, 3.8) is 0 Å². The van der Waals surface area contributed by atoms with E-state index in [1.807, 2.05) is 0 Å². The van der Waals surface area contributed by atoms with E-state index < -0.39 is 0 Å². The van der Waals surface area contributed by atoms with Crippen molar-refractivity contribution in [3.05, 3.63) is 29.8 Å². The molecule has 2 aliphatic rings. The van der Waals surface area contributed by atoms with Crippen molar-refractivity contribution in [3.8, 4) is 0 Å².